The van der Waals surface area contributed by atoms with Crippen LogP contribution in [-0.4, -0.2) is 85.1 Å². The number of fused-ring (bicyclic) bond motifs is 1. The van der Waals surface area contributed by atoms with Gasteiger partial charge in [-0.05, 0) is 53.8 Å². The molecule has 1 aliphatic carbocycles. The molecule has 16 heteroatoms. The standard InChI is InChI=1S/C42H41ClF4N6O5/c1-56-33-12-23(11-31(44)29(33)16-53-21-41(22-53)14-35(55)50-18-41)37-36(43)28(8-9-48-37)25-4-3-5-27-26(25)6-7-32(27)58-39-30(42(45,46)47)10-24(38(51-39)57-2)15-52-19-40(20-52)13-34(54)49-17-40/h3-5,8-12,32H,6-7,13-22H2,1-2H3,(H,49,54)(H,50,55)/t32-/m1/s1. The van der Waals surface area contributed by atoms with E-state index in [-0.39, 0.29) is 45.7 Å². The Bertz CT molecular complexity index is 2330. The van der Waals surface area contributed by atoms with Gasteiger partial charge in [-0.25, -0.2) is 4.39 Å². The summed E-state index contributed by atoms with van der Waals surface area (Å²) in [5.74, 6) is -0.605. The minimum absolute atomic E-state index is 0.0110. The lowest BCUT2D eigenvalue weighted by Crippen LogP contribution is -2.56. The molecule has 0 saturated carbocycles. The lowest BCUT2D eigenvalue weighted by Gasteiger charge is -2.47. The van der Waals surface area contributed by atoms with Crippen LogP contribution in [0.3, 0.4) is 0 Å². The zero-order valence-corrected chi connectivity index (χ0v) is 32.7. The second kappa shape index (κ2) is 14.4. The number of halogens is 5. The van der Waals surface area contributed by atoms with E-state index in [1.54, 1.807) is 24.4 Å². The zero-order chi connectivity index (χ0) is 40.6. The number of pyridine rings is 2. The maximum atomic E-state index is 15.9. The average Bonchev–Trinajstić information content (AvgIpc) is 3.88. The molecule has 5 aliphatic rings. The Labute approximate surface area is 337 Å². The number of hydrogen-bond acceptors (Lipinski definition) is 9. The number of hydrogen-bond donors (Lipinski definition) is 2. The van der Waals surface area contributed by atoms with Crippen molar-refractivity contribution in [1.82, 2.24) is 30.4 Å². The number of nitrogens with zero attached hydrogens (tertiary/aromatic N) is 4. The number of likely N-dealkylation sites (tertiary alicyclic amines) is 2. The molecule has 4 aliphatic heterocycles. The van der Waals surface area contributed by atoms with Gasteiger partial charge in [-0.3, -0.25) is 24.4 Å². The van der Waals surface area contributed by atoms with E-state index in [0.717, 1.165) is 17.2 Å². The van der Waals surface area contributed by atoms with Crippen LogP contribution in [-0.2, 0) is 35.3 Å². The summed E-state index contributed by atoms with van der Waals surface area (Å²) in [6, 6.07) is 11.4. The molecule has 1 atom stereocenters. The van der Waals surface area contributed by atoms with Crippen LogP contribution in [0.5, 0.6) is 17.5 Å². The second-order valence-electron chi connectivity index (χ2n) is 16.4. The largest absolute Gasteiger partial charge is 0.496 e. The lowest BCUT2D eigenvalue weighted by atomic mass is 9.78. The maximum absolute atomic E-state index is 15.9. The molecule has 0 radical (unpaired) electrons. The molecule has 4 aromatic rings. The van der Waals surface area contributed by atoms with Gasteiger partial charge in [-0.15, -0.1) is 0 Å². The van der Waals surface area contributed by atoms with Gasteiger partial charge in [-0.2, -0.15) is 18.2 Å². The third kappa shape index (κ3) is 6.90. The predicted molar refractivity (Wildman–Crippen MR) is 205 cm³/mol. The maximum Gasteiger partial charge on any atom is 0.421 e. The number of rotatable bonds is 10. The van der Waals surface area contributed by atoms with E-state index in [1.807, 2.05) is 17.0 Å². The van der Waals surface area contributed by atoms with Crippen molar-refractivity contribution in [3.63, 3.8) is 0 Å². The van der Waals surface area contributed by atoms with Crippen molar-refractivity contribution in [2.45, 2.75) is 51.1 Å². The van der Waals surface area contributed by atoms with Crippen molar-refractivity contribution in [1.29, 1.82) is 0 Å². The molecule has 9 rings (SSSR count). The smallest absolute Gasteiger partial charge is 0.421 e. The lowest BCUT2D eigenvalue weighted by molar-refractivity contribution is -0.140. The fraction of sp³-hybridized carbons (Fsp3) is 0.429. The quantitative estimate of drug-likeness (QED) is 0.177. The highest BCUT2D eigenvalue weighted by atomic mass is 35.5. The van der Waals surface area contributed by atoms with Crippen LogP contribution in [0.2, 0.25) is 5.02 Å². The second-order valence-corrected chi connectivity index (χ2v) is 16.8. The monoisotopic (exact) mass is 820 g/mol. The van der Waals surface area contributed by atoms with Gasteiger partial charge in [0.2, 0.25) is 23.6 Å². The molecule has 2 amide bonds. The summed E-state index contributed by atoms with van der Waals surface area (Å²) in [6.45, 7) is 4.23. The third-order valence-electron chi connectivity index (χ3n) is 12.2. The van der Waals surface area contributed by atoms with Crippen LogP contribution in [0.25, 0.3) is 22.4 Å². The first kappa shape index (κ1) is 38.5. The van der Waals surface area contributed by atoms with Crippen LogP contribution < -0.4 is 24.8 Å². The number of alkyl halides is 3. The molecule has 2 aromatic heterocycles. The SMILES string of the molecule is COc1cc(-c2nccc(-c3cccc4c3CC[C@H]4Oc3nc(OC)c(CN4CC5(CNC(=O)C5)C4)cc3C(F)(F)F)c2Cl)cc(F)c1CN1CC2(CNC(=O)C2)C1. The number of nitrogens with one attached hydrogen (secondary N) is 2. The van der Waals surface area contributed by atoms with Crippen LogP contribution in [0.4, 0.5) is 17.6 Å². The molecule has 2 aromatic carbocycles. The molecule has 0 bridgehead atoms. The van der Waals surface area contributed by atoms with Crippen molar-refractivity contribution in [3.05, 3.63) is 87.3 Å². The first-order chi connectivity index (χ1) is 27.8. The van der Waals surface area contributed by atoms with E-state index in [9.17, 15) is 22.8 Å². The van der Waals surface area contributed by atoms with E-state index in [4.69, 9.17) is 25.8 Å². The van der Waals surface area contributed by atoms with Crippen LogP contribution in [0.1, 0.15) is 53.2 Å². The van der Waals surface area contributed by atoms with Gasteiger partial charge in [0.25, 0.3) is 0 Å². The summed E-state index contributed by atoms with van der Waals surface area (Å²) in [4.78, 5) is 36.4. The molecule has 4 saturated heterocycles. The first-order valence-electron chi connectivity index (χ1n) is 19.2. The minimum Gasteiger partial charge on any atom is -0.496 e. The van der Waals surface area contributed by atoms with Gasteiger partial charge in [-0.1, -0.05) is 29.8 Å². The average molecular weight is 821 g/mol. The molecular formula is C42H41ClF4N6O5. The highest BCUT2D eigenvalue weighted by Crippen LogP contribution is 2.47. The van der Waals surface area contributed by atoms with Crippen LogP contribution >= 0.6 is 11.6 Å². The van der Waals surface area contributed by atoms with Crippen molar-refractivity contribution in [2.75, 3.05) is 53.5 Å². The number of amides is 2. The van der Waals surface area contributed by atoms with Gasteiger partial charge in [0.15, 0.2) is 0 Å². The van der Waals surface area contributed by atoms with Gasteiger partial charge < -0.3 is 24.8 Å². The predicted octanol–water partition coefficient (Wildman–Crippen LogP) is 6.35. The normalized spacial score (nSPS) is 20.8. The minimum atomic E-state index is -4.75. The van der Waals surface area contributed by atoms with Crippen molar-refractivity contribution < 1.29 is 41.4 Å². The Morgan fingerprint density at radius 2 is 1.59 bits per heavy atom. The van der Waals surface area contributed by atoms with Gasteiger partial charge in [0.1, 0.15) is 23.2 Å². The molecule has 2 spiro atoms. The van der Waals surface area contributed by atoms with Gasteiger partial charge in [0.05, 0.1) is 24.9 Å². The molecule has 2 N–H and O–H groups in total. The topological polar surface area (TPSA) is 118 Å². The summed E-state index contributed by atoms with van der Waals surface area (Å²) in [5.41, 5.74) is 3.14. The molecule has 4 fully saturated rings. The van der Waals surface area contributed by atoms with E-state index in [2.05, 4.69) is 25.5 Å². The molecule has 304 valence electrons. The van der Waals surface area contributed by atoms with E-state index in [1.165, 1.54) is 20.3 Å². The number of ether oxygens (including phenoxy) is 3. The fourth-order valence-electron chi connectivity index (χ4n) is 9.61. The van der Waals surface area contributed by atoms with Crippen molar-refractivity contribution in [3.8, 4) is 39.9 Å². The third-order valence-corrected chi connectivity index (χ3v) is 12.6. The van der Waals surface area contributed by atoms with Gasteiger partial charge in [0, 0.05) is 104 Å². The highest BCUT2D eigenvalue weighted by Gasteiger charge is 2.49. The molecule has 58 heavy (non-hydrogen) atoms. The zero-order valence-electron chi connectivity index (χ0n) is 31.9. The molecule has 0 unspecified atom stereocenters. The Kier molecular flexibility index (Phi) is 9.55. The number of carbonyl (C=O) groups excluding carboxylic acids is 2. The molecular weight excluding hydrogens is 780 g/mol. The van der Waals surface area contributed by atoms with E-state index in [0.29, 0.717) is 105 Å². The highest BCUT2D eigenvalue weighted by molar-refractivity contribution is 6.35. The Morgan fingerprint density at radius 3 is 2.21 bits per heavy atom. The van der Waals surface area contributed by atoms with Crippen LogP contribution in [0.15, 0.2) is 48.7 Å². The molecule has 6 heterocycles. The summed E-state index contributed by atoms with van der Waals surface area (Å²) in [6.07, 6.45) is -2.13. The van der Waals surface area contributed by atoms with E-state index < -0.39 is 29.5 Å². The number of aromatic nitrogens is 2. The van der Waals surface area contributed by atoms with Crippen molar-refractivity contribution >= 4 is 23.4 Å². The summed E-state index contributed by atoms with van der Waals surface area (Å²) in [7, 11) is 2.85. The first-order valence-corrected chi connectivity index (χ1v) is 19.6. The summed E-state index contributed by atoms with van der Waals surface area (Å²) < 4.78 is 76.9. The van der Waals surface area contributed by atoms with Crippen LogP contribution in [0, 0.1) is 16.6 Å². The van der Waals surface area contributed by atoms with E-state index >= 15 is 4.39 Å². The summed E-state index contributed by atoms with van der Waals surface area (Å²) >= 11 is 7.07. The Hall–Kier alpha value is -4.99. The Morgan fingerprint density at radius 1 is 0.897 bits per heavy atom. The summed E-state index contributed by atoms with van der Waals surface area (Å²) in [5, 5.41) is 6.01. The Balaban J connectivity index is 0.958. The van der Waals surface area contributed by atoms with Gasteiger partial charge >= 0.3 is 6.18 Å². The van der Waals surface area contributed by atoms with Crippen molar-refractivity contribution in [2.24, 2.45) is 10.8 Å². The molecule has 11 nitrogen and oxygen atoms in total. The number of benzene rings is 2. The number of methoxy groups -OCH3 is 2. The fourth-order valence-corrected chi connectivity index (χ4v) is 9.93. The number of carbonyl (C=O) groups is 2.